The Morgan fingerprint density at radius 1 is 1.21 bits per heavy atom. The summed E-state index contributed by atoms with van der Waals surface area (Å²) in [4.78, 5) is 12.8. The maximum atomic E-state index is 12.8. The van der Waals surface area contributed by atoms with Crippen LogP contribution in [0, 0.1) is 0 Å². The van der Waals surface area contributed by atoms with Crippen molar-refractivity contribution >= 4 is 17.6 Å². The molecule has 2 aromatic carbocycles. The van der Waals surface area contributed by atoms with Crippen molar-refractivity contribution in [3.8, 4) is 0 Å². The van der Waals surface area contributed by atoms with Gasteiger partial charge in [0, 0.05) is 11.4 Å². The van der Waals surface area contributed by atoms with Gasteiger partial charge in [-0.1, -0.05) is 54.1 Å². The molecule has 1 aliphatic rings. The molecule has 1 aliphatic heterocycles. The number of carbonyl (C=O) groups excluding carboxylic acids is 1. The summed E-state index contributed by atoms with van der Waals surface area (Å²) >= 11 is 5.98. The summed E-state index contributed by atoms with van der Waals surface area (Å²) in [6.45, 7) is 2.59. The minimum atomic E-state index is -0.350. The Bertz CT molecular complexity index is 669. The van der Waals surface area contributed by atoms with E-state index in [2.05, 4.69) is 0 Å². The van der Waals surface area contributed by atoms with E-state index in [-0.39, 0.29) is 24.1 Å². The highest BCUT2D eigenvalue weighted by Gasteiger charge is 2.31. The first-order valence-corrected chi connectivity index (χ1v) is 8.63. The average Bonchev–Trinajstić information content (AvgIpc) is 2.99. The van der Waals surface area contributed by atoms with E-state index in [1.54, 1.807) is 0 Å². The van der Waals surface area contributed by atoms with Gasteiger partial charge in [-0.05, 0) is 36.6 Å². The summed E-state index contributed by atoms with van der Waals surface area (Å²) in [5.74, 6) is -0.555. The molecule has 2 aromatic rings. The molecule has 0 bridgehead atoms. The summed E-state index contributed by atoms with van der Waals surface area (Å²) in [5.41, 5.74) is 2.02. The van der Waals surface area contributed by atoms with Crippen molar-refractivity contribution in [1.29, 1.82) is 0 Å². The first kappa shape index (κ1) is 17.0. The molecular formula is C20H21ClO3. The normalized spacial score (nSPS) is 21.4. The third kappa shape index (κ3) is 4.16. The number of ether oxygens (including phenoxy) is 2. The molecule has 3 atom stereocenters. The van der Waals surface area contributed by atoms with Crippen LogP contribution in [0.5, 0.6) is 0 Å². The van der Waals surface area contributed by atoms with Crippen molar-refractivity contribution < 1.29 is 14.3 Å². The molecular weight excluding hydrogens is 324 g/mol. The average molecular weight is 345 g/mol. The molecule has 3 nitrogen and oxygen atoms in total. The number of carbonyl (C=O) groups is 1. The predicted molar refractivity (Wildman–Crippen MR) is 94.3 cm³/mol. The molecule has 1 fully saturated rings. The van der Waals surface area contributed by atoms with E-state index >= 15 is 0 Å². The molecule has 0 radical (unpaired) electrons. The number of benzene rings is 2. The Morgan fingerprint density at radius 3 is 2.54 bits per heavy atom. The Labute approximate surface area is 147 Å². The topological polar surface area (TPSA) is 35.5 Å². The Morgan fingerprint density at radius 2 is 1.92 bits per heavy atom. The van der Waals surface area contributed by atoms with Gasteiger partial charge in [0.2, 0.25) is 0 Å². The summed E-state index contributed by atoms with van der Waals surface area (Å²) in [6, 6.07) is 17.4. The van der Waals surface area contributed by atoms with Crippen LogP contribution in [0.25, 0.3) is 0 Å². The smallest absolute Gasteiger partial charge is 0.314 e. The minimum Gasteiger partial charge on any atom is -0.459 e. The standard InChI is InChI=1S/C20H21ClO3/c1-14-19(11-12-23-14)24-20(22)18(13-15-5-3-2-4-6-15)16-7-9-17(21)10-8-16/h2-10,14,18-19H,11-13H2,1H3. The predicted octanol–water partition coefficient (Wildman–Crippen LogP) is 4.39. The first-order chi connectivity index (χ1) is 11.6. The van der Waals surface area contributed by atoms with E-state index in [4.69, 9.17) is 21.1 Å². The molecule has 3 rings (SSSR count). The zero-order valence-corrected chi connectivity index (χ0v) is 14.4. The SMILES string of the molecule is CC1OCCC1OC(=O)C(Cc1ccccc1)c1ccc(Cl)cc1. The third-order valence-electron chi connectivity index (χ3n) is 4.41. The van der Waals surface area contributed by atoms with Crippen LogP contribution >= 0.6 is 11.6 Å². The van der Waals surface area contributed by atoms with E-state index in [0.29, 0.717) is 18.1 Å². The van der Waals surface area contributed by atoms with Gasteiger partial charge >= 0.3 is 5.97 Å². The second-order valence-electron chi connectivity index (χ2n) is 6.13. The number of halogens is 1. The Balaban J connectivity index is 1.80. The maximum Gasteiger partial charge on any atom is 0.314 e. The van der Waals surface area contributed by atoms with E-state index in [1.165, 1.54) is 0 Å². The zero-order valence-electron chi connectivity index (χ0n) is 13.7. The molecule has 3 unspecified atom stereocenters. The lowest BCUT2D eigenvalue weighted by Crippen LogP contribution is -2.28. The number of hydrogen-bond donors (Lipinski definition) is 0. The number of rotatable bonds is 5. The fraction of sp³-hybridized carbons (Fsp3) is 0.350. The highest BCUT2D eigenvalue weighted by molar-refractivity contribution is 6.30. The van der Waals surface area contributed by atoms with Crippen LogP contribution in [0.3, 0.4) is 0 Å². The molecule has 0 amide bonds. The van der Waals surface area contributed by atoms with Gasteiger partial charge in [-0.25, -0.2) is 0 Å². The number of hydrogen-bond acceptors (Lipinski definition) is 3. The lowest BCUT2D eigenvalue weighted by Gasteiger charge is -2.21. The summed E-state index contributed by atoms with van der Waals surface area (Å²) in [6.07, 6.45) is 1.15. The van der Waals surface area contributed by atoms with E-state index in [9.17, 15) is 4.79 Å². The summed E-state index contributed by atoms with van der Waals surface area (Å²) < 4.78 is 11.2. The molecule has 0 aliphatic carbocycles. The van der Waals surface area contributed by atoms with E-state index in [1.807, 2.05) is 61.5 Å². The second kappa shape index (κ2) is 7.82. The first-order valence-electron chi connectivity index (χ1n) is 8.25. The van der Waals surface area contributed by atoms with Crippen molar-refractivity contribution in [3.05, 3.63) is 70.7 Å². The van der Waals surface area contributed by atoms with Crippen LogP contribution in [0.2, 0.25) is 5.02 Å². The van der Waals surface area contributed by atoms with Gasteiger partial charge in [-0.2, -0.15) is 0 Å². The van der Waals surface area contributed by atoms with Crippen LogP contribution in [0.1, 0.15) is 30.4 Å². The lowest BCUT2D eigenvalue weighted by molar-refractivity contribution is -0.153. The monoisotopic (exact) mass is 344 g/mol. The van der Waals surface area contributed by atoms with Gasteiger partial charge in [0.25, 0.3) is 0 Å². The van der Waals surface area contributed by atoms with Crippen LogP contribution in [0.4, 0.5) is 0 Å². The molecule has 126 valence electrons. The molecule has 0 saturated carbocycles. The van der Waals surface area contributed by atoms with Gasteiger partial charge in [-0.15, -0.1) is 0 Å². The van der Waals surface area contributed by atoms with Crippen molar-refractivity contribution in [2.45, 2.75) is 37.9 Å². The fourth-order valence-corrected chi connectivity index (χ4v) is 3.11. The van der Waals surface area contributed by atoms with Crippen molar-refractivity contribution in [3.63, 3.8) is 0 Å². The lowest BCUT2D eigenvalue weighted by atomic mass is 9.92. The van der Waals surface area contributed by atoms with Crippen molar-refractivity contribution in [2.75, 3.05) is 6.61 Å². The molecule has 4 heteroatoms. The van der Waals surface area contributed by atoms with E-state index in [0.717, 1.165) is 17.5 Å². The van der Waals surface area contributed by atoms with Crippen LogP contribution in [0.15, 0.2) is 54.6 Å². The summed E-state index contributed by atoms with van der Waals surface area (Å²) in [5, 5.41) is 0.656. The van der Waals surface area contributed by atoms with Crippen molar-refractivity contribution in [2.24, 2.45) is 0 Å². The Kier molecular flexibility index (Phi) is 5.54. The molecule has 1 heterocycles. The second-order valence-corrected chi connectivity index (χ2v) is 6.57. The van der Waals surface area contributed by atoms with Gasteiger partial charge in [0.05, 0.1) is 18.6 Å². The molecule has 24 heavy (non-hydrogen) atoms. The molecule has 0 aromatic heterocycles. The third-order valence-corrected chi connectivity index (χ3v) is 4.67. The van der Waals surface area contributed by atoms with Gasteiger partial charge < -0.3 is 9.47 Å². The van der Waals surface area contributed by atoms with Crippen LogP contribution in [-0.4, -0.2) is 24.8 Å². The molecule has 0 spiro atoms. The van der Waals surface area contributed by atoms with Gasteiger partial charge in [0.15, 0.2) is 0 Å². The van der Waals surface area contributed by atoms with Crippen LogP contribution in [-0.2, 0) is 20.7 Å². The van der Waals surface area contributed by atoms with Gasteiger partial charge in [0.1, 0.15) is 6.10 Å². The summed E-state index contributed by atoms with van der Waals surface area (Å²) in [7, 11) is 0. The molecule has 1 saturated heterocycles. The van der Waals surface area contributed by atoms with Gasteiger partial charge in [-0.3, -0.25) is 4.79 Å². The zero-order chi connectivity index (χ0) is 16.9. The fourth-order valence-electron chi connectivity index (χ4n) is 2.98. The number of esters is 1. The quantitative estimate of drug-likeness (QED) is 0.755. The van der Waals surface area contributed by atoms with Crippen molar-refractivity contribution in [1.82, 2.24) is 0 Å². The Hall–Kier alpha value is -1.84. The highest BCUT2D eigenvalue weighted by atomic mass is 35.5. The highest BCUT2D eigenvalue weighted by Crippen LogP contribution is 2.27. The van der Waals surface area contributed by atoms with E-state index < -0.39 is 0 Å². The maximum absolute atomic E-state index is 12.8. The minimum absolute atomic E-state index is 0.0449. The van der Waals surface area contributed by atoms with Crippen LogP contribution < -0.4 is 0 Å². The molecule has 0 N–H and O–H groups in total. The largest absolute Gasteiger partial charge is 0.459 e.